The third-order valence-corrected chi connectivity index (χ3v) is 5.31. The number of nitriles is 1. The maximum absolute atomic E-state index is 12.7. The van der Waals surface area contributed by atoms with E-state index < -0.39 is 10.7 Å². The first kappa shape index (κ1) is 18.5. The van der Waals surface area contributed by atoms with E-state index in [-0.39, 0.29) is 11.4 Å². The van der Waals surface area contributed by atoms with Crippen molar-refractivity contribution in [2.45, 2.75) is 6.92 Å². The normalized spacial score (nSPS) is 11.2. The average molecular weight is 399 g/mol. The van der Waals surface area contributed by atoms with Gasteiger partial charge in [0.1, 0.15) is 6.07 Å². The molecule has 9 heteroatoms. The second-order valence-electron chi connectivity index (χ2n) is 5.51. The van der Waals surface area contributed by atoms with E-state index in [0.29, 0.717) is 15.6 Å². The first-order valence-electron chi connectivity index (χ1n) is 7.62. The molecule has 0 fully saturated rings. The molecule has 0 radical (unpaired) electrons. The minimum absolute atomic E-state index is 0.0688. The summed E-state index contributed by atoms with van der Waals surface area (Å²) in [6, 6.07) is 12.6. The van der Waals surface area contributed by atoms with Crippen LogP contribution in [0.1, 0.15) is 15.2 Å². The van der Waals surface area contributed by atoms with Crippen molar-refractivity contribution < 1.29 is 9.72 Å². The molecule has 1 heterocycles. The number of thiophene rings is 1. The Balaban J connectivity index is 1.88. The molecule has 27 heavy (non-hydrogen) atoms. The molecule has 0 spiro atoms. The molecule has 0 atom stereocenters. The number of nitrogens with one attached hydrogen (secondary N) is 1. The molecule has 1 aromatic heterocycles. The van der Waals surface area contributed by atoms with Crippen molar-refractivity contribution in [1.82, 2.24) is 0 Å². The number of ketones is 1. The predicted octanol–water partition coefficient (Wildman–Crippen LogP) is 4.95. The molecule has 0 aliphatic heterocycles. The highest BCUT2D eigenvalue weighted by Gasteiger charge is 2.21. The van der Waals surface area contributed by atoms with Crippen molar-refractivity contribution in [3.8, 4) is 6.07 Å². The quantitative estimate of drug-likeness (QED) is 0.283. The van der Waals surface area contributed by atoms with Crippen LogP contribution >= 0.6 is 22.9 Å². The molecular weight excluding hydrogens is 388 g/mol. The van der Waals surface area contributed by atoms with Crippen LogP contribution in [0.2, 0.25) is 5.02 Å². The number of hydrogen-bond donors (Lipinski definition) is 1. The largest absolute Gasteiger partial charge is 0.285 e. The molecule has 7 nitrogen and oxygen atoms in total. The van der Waals surface area contributed by atoms with Gasteiger partial charge in [-0.1, -0.05) is 11.6 Å². The molecule has 0 unspecified atom stereocenters. The van der Waals surface area contributed by atoms with Gasteiger partial charge in [0.15, 0.2) is 0 Å². The maximum atomic E-state index is 12.7. The Kier molecular flexibility index (Phi) is 5.16. The van der Waals surface area contributed by atoms with Crippen molar-refractivity contribution in [3.63, 3.8) is 0 Å². The monoisotopic (exact) mass is 398 g/mol. The number of anilines is 1. The minimum Gasteiger partial charge on any atom is -0.285 e. The van der Waals surface area contributed by atoms with Crippen LogP contribution in [0.5, 0.6) is 0 Å². The fraction of sp³-hybridized carbons (Fsp3) is 0.0556. The minimum atomic E-state index is -0.520. The van der Waals surface area contributed by atoms with Gasteiger partial charge in [-0.05, 0) is 48.2 Å². The number of Topliss-reactive ketones (excluding diaryl/α,β-unsaturated/α-hetero) is 1. The van der Waals surface area contributed by atoms with Crippen molar-refractivity contribution in [3.05, 3.63) is 68.0 Å². The molecule has 0 amide bonds. The zero-order valence-corrected chi connectivity index (χ0v) is 15.5. The molecule has 3 aromatic rings. The third-order valence-electron chi connectivity index (χ3n) is 3.80. The van der Waals surface area contributed by atoms with Crippen molar-refractivity contribution in [2.75, 3.05) is 5.43 Å². The smallest absolute Gasteiger partial charge is 0.269 e. The lowest BCUT2D eigenvalue weighted by Gasteiger charge is -2.01. The van der Waals surface area contributed by atoms with Crippen LogP contribution in [-0.4, -0.2) is 16.4 Å². The standard InChI is InChI=1S/C18H11ClN4O3S/c1-10-14-8-11(19)2-7-16(14)27-18(10)17(24)15(9-20)22-21-12-3-5-13(6-4-12)23(25)26/h2-8,21H,1H3. The predicted molar refractivity (Wildman–Crippen MR) is 106 cm³/mol. The Hall–Kier alpha value is -3.28. The van der Waals surface area contributed by atoms with Crippen molar-refractivity contribution >= 4 is 55.9 Å². The number of hydrazone groups is 1. The topological polar surface area (TPSA) is 108 Å². The number of benzene rings is 2. The molecule has 0 aliphatic rings. The second kappa shape index (κ2) is 7.53. The van der Waals surface area contributed by atoms with Gasteiger partial charge in [0.05, 0.1) is 15.5 Å². The van der Waals surface area contributed by atoms with Gasteiger partial charge in [-0.3, -0.25) is 20.3 Å². The Morgan fingerprint density at radius 3 is 2.63 bits per heavy atom. The Morgan fingerprint density at radius 2 is 2.00 bits per heavy atom. The SMILES string of the molecule is Cc1c(C(=O)C(C#N)=NNc2ccc([N+](=O)[O-])cc2)sc2ccc(Cl)cc12. The van der Waals surface area contributed by atoms with Gasteiger partial charge >= 0.3 is 0 Å². The Labute approximate surface area is 162 Å². The summed E-state index contributed by atoms with van der Waals surface area (Å²) in [4.78, 5) is 23.3. The van der Waals surface area contributed by atoms with E-state index in [2.05, 4.69) is 10.5 Å². The van der Waals surface area contributed by atoms with E-state index in [0.717, 1.165) is 15.6 Å². The molecule has 134 valence electrons. The maximum Gasteiger partial charge on any atom is 0.269 e. The van der Waals surface area contributed by atoms with Crippen LogP contribution in [0.15, 0.2) is 47.6 Å². The van der Waals surface area contributed by atoms with E-state index in [1.165, 1.54) is 35.6 Å². The van der Waals surface area contributed by atoms with Gasteiger partial charge in [0, 0.05) is 21.9 Å². The first-order valence-corrected chi connectivity index (χ1v) is 8.81. The van der Waals surface area contributed by atoms with Crippen molar-refractivity contribution in [2.24, 2.45) is 5.10 Å². The zero-order valence-electron chi connectivity index (χ0n) is 13.9. The van der Waals surface area contributed by atoms with Crippen LogP contribution < -0.4 is 5.43 Å². The van der Waals surface area contributed by atoms with E-state index in [1.807, 2.05) is 6.07 Å². The highest BCUT2D eigenvalue weighted by molar-refractivity contribution is 7.21. The summed E-state index contributed by atoms with van der Waals surface area (Å²) in [5.41, 5.74) is 3.35. The fourth-order valence-corrected chi connectivity index (χ4v) is 3.72. The molecular formula is C18H11ClN4O3S. The highest BCUT2D eigenvalue weighted by Crippen LogP contribution is 2.33. The number of halogens is 1. The lowest BCUT2D eigenvalue weighted by molar-refractivity contribution is -0.384. The molecule has 2 aromatic carbocycles. The number of carbonyl (C=O) groups excluding carboxylic acids is 1. The van der Waals surface area contributed by atoms with Crippen LogP contribution in [0.3, 0.4) is 0 Å². The number of fused-ring (bicyclic) bond motifs is 1. The van der Waals surface area contributed by atoms with Gasteiger partial charge in [-0.15, -0.1) is 11.3 Å². The van der Waals surface area contributed by atoms with Crippen LogP contribution in [-0.2, 0) is 0 Å². The van der Waals surface area contributed by atoms with Gasteiger partial charge in [-0.25, -0.2) is 0 Å². The molecule has 0 saturated carbocycles. The number of nitro benzene ring substituents is 1. The van der Waals surface area contributed by atoms with Crippen LogP contribution in [0.25, 0.3) is 10.1 Å². The Bertz CT molecular complexity index is 1130. The second-order valence-corrected chi connectivity index (χ2v) is 7.00. The van der Waals surface area contributed by atoms with E-state index >= 15 is 0 Å². The summed E-state index contributed by atoms with van der Waals surface area (Å²) in [6.45, 7) is 1.79. The summed E-state index contributed by atoms with van der Waals surface area (Å²) in [5.74, 6) is -0.498. The van der Waals surface area contributed by atoms with Gasteiger partial charge < -0.3 is 0 Å². The number of carbonyl (C=O) groups is 1. The molecule has 3 rings (SSSR count). The lowest BCUT2D eigenvalue weighted by Crippen LogP contribution is -2.13. The zero-order chi connectivity index (χ0) is 19.6. The molecule has 0 saturated heterocycles. The van der Waals surface area contributed by atoms with Crippen molar-refractivity contribution in [1.29, 1.82) is 5.26 Å². The number of non-ortho nitro benzene ring substituents is 1. The number of aryl methyl sites for hydroxylation is 1. The Morgan fingerprint density at radius 1 is 1.30 bits per heavy atom. The summed E-state index contributed by atoms with van der Waals surface area (Å²) in [6.07, 6.45) is 0. The van der Waals surface area contributed by atoms with E-state index in [1.54, 1.807) is 25.1 Å². The summed E-state index contributed by atoms with van der Waals surface area (Å²) in [5, 5.41) is 25.3. The number of rotatable bonds is 5. The van der Waals surface area contributed by atoms with E-state index in [4.69, 9.17) is 11.6 Å². The molecule has 0 aliphatic carbocycles. The first-order chi connectivity index (χ1) is 12.9. The van der Waals surface area contributed by atoms with Crippen LogP contribution in [0, 0.1) is 28.4 Å². The summed E-state index contributed by atoms with van der Waals surface area (Å²) >= 11 is 7.28. The third kappa shape index (κ3) is 3.79. The molecule has 0 bridgehead atoms. The summed E-state index contributed by atoms with van der Waals surface area (Å²) in [7, 11) is 0. The van der Waals surface area contributed by atoms with E-state index in [9.17, 15) is 20.2 Å². The average Bonchev–Trinajstić information content (AvgIpc) is 2.98. The number of hydrogen-bond acceptors (Lipinski definition) is 7. The molecule has 1 N–H and O–H groups in total. The summed E-state index contributed by atoms with van der Waals surface area (Å²) < 4.78 is 0.890. The number of nitro groups is 1. The lowest BCUT2D eigenvalue weighted by atomic mass is 10.1. The fourth-order valence-electron chi connectivity index (χ4n) is 2.42. The van der Waals surface area contributed by atoms with Crippen LogP contribution in [0.4, 0.5) is 11.4 Å². The van der Waals surface area contributed by atoms with Gasteiger partial charge in [-0.2, -0.15) is 10.4 Å². The highest BCUT2D eigenvalue weighted by atomic mass is 35.5. The van der Waals surface area contributed by atoms with Gasteiger partial charge in [0.2, 0.25) is 11.5 Å². The van der Waals surface area contributed by atoms with Gasteiger partial charge in [0.25, 0.3) is 5.69 Å². The number of nitrogens with zero attached hydrogens (tertiary/aromatic N) is 3.